The molecule has 0 aliphatic carbocycles. The minimum absolute atomic E-state index is 0. The van der Waals surface area contributed by atoms with E-state index in [2.05, 4.69) is 81.8 Å². The zero-order valence-electron chi connectivity index (χ0n) is 21.2. The van der Waals surface area contributed by atoms with E-state index in [4.69, 9.17) is 4.98 Å². The van der Waals surface area contributed by atoms with Crippen LogP contribution in [0.5, 0.6) is 0 Å². The summed E-state index contributed by atoms with van der Waals surface area (Å²) in [5, 5.41) is 1.12. The molecule has 3 heterocycles. The molecule has 0 saturated carbocycles. The number of aromatic nitrogens is 4. The molecular formula is C31H33ClN4O. The standard InChI is InChI=1S/C31H32N4O.ClH/c1-24-9-7-12-26(19-24)29(20-27(36)13-5-6-17-34-18-16-32-23-34)30-22-35(21-25-10-3-2-4-11-25)31-28(30)14-8-15-33-31;/h2-4,7-12,14-16,18-19,22-23,29H,5-6,13,17,20-21H2,1H3;1H. The Bertz CT molecular complexity index is 1430. The van der Waals surface area contributed by atoms with Gasteiger partial charge >= 0.3 is 0 Å². The van der Waals surface area contributed by atoms with Crippen LogP contribution in [-0.2, 0) is 17.9 Å². The van der Waals surface area contributed by atoms with Crippen molar-refractivity contribution in [3.8, 4) is 0 Å². The van der Waals surface area contributed by atoms with Crippen LogP contribution in [0.2, 0.25) is 0 Å². The van der Waals surface area contributed by atoms with Crippen molar-refractivity contribution in [2.75, 3.05) is 0 Å². The fraction of sp³-hybridized carbons (Fsp3) is 0.258. The van der Waals surface area contributed by atoms with Crippen molar-refractivity contribution in [3.63, 3.8) is 0 Å². The number of Topliss-reactive ketones (excluding diaryl/α,β-unsaturated/α-hetero) is 1. The molecule has 0 saturated heterocycles. The minimum atomic E-state index is -0.00484. The predicted octanol–water partition coefficient (Wildman–Crippen LogP) is 6.97. The van der Waals surface area contributed by atoms with Crippen LogP contribution in [0.3, 0.4) is 0 Å². The normalized spacial score (nSPS) is 11.8. The molecular weight excluding hydrogens is 480 g/mol. The number of hydrogen-bond acceptors (Lipinski definition) is 3. The molecule has 37 heavy (non-hydrogen) atoms. The van der Waals surface area contributed by atoms with E-state index in [0.29, 0.717) is 18.6 Å². The summed E-state index contributed by atoms with van der Waals surface area (Å²) in [6.45, 7) is 3.75. The molecule has 0 fully saturated rings. The van der Waals surface area contributed by atoms with Crippen molar-refractivity contribution in [3.05, 3.63) is 120 Å². The number of imidazole rings is 1. The minimum Gasteiger partial charge on any atom is -0.337 e. The second-order valence-electron chi connectivity index (χ2n) is 9.54. The van der Waals surface area contributed by atoms with Gasteiger partial charge in [0, 0.05) is 62.0 Å². The third-order valence-corrected chi connectivity index (χ3v) is 6.79. The molecule has 0 radical (unpaired) electrons. The van der Waals surface area contributed by atoms with Crippen molar-refractivity contribution in [2.24, 2.45) is 0 Å². The highest BCUT2D eigenvalue weighted by Gasteiger charge is 2.23. The van der Waals surface area contributed by atoms with E-state index in [9.17, 15) is 4.79 Å². The average Bonchev–Trinajstić information content (AvgIpc) is 3.54. The zero-order chi connectivity index (χ0) is 24.7. The van der Waals surface area contributed by atoms with Gasteiger partial charge in [-0.25, -0.2) is 9.97 Å². The molecule has 0 aliphatic heterocycles. The lowest BCUT2D eigenvalue weighted by molar-refractivity contribution is -0.119. The van der Waals surface area contributed by atoms with Crippen LogP contribution in [0.15, 0.2) is 97.8 Å². The quantitative estimate of drug-likeness (QED) is 0.179. The first-order valence-electron chi connectivity index (χ1n) is 12.7. The zero-order valence-corrected chi connectivity index (χ0v) is 22.0. The number of fused-ring (bicyclic) bond motifs is 1. The smallest absolute Gasteiger partial charge is 0.140 e. The maximum absolute atomic E-state index is 13.2. The molecule has 190 valence electrons. The van der Waals surface area contributed by atoms with Crippen LogP contribution in [-0.4, -0.2) is 24.9 Å². The van der Waals surface area contributed by atoms with E-state index >= 15 is 0 Å². The fourth-order valence-electron chi connectivity index (χ4n) is 4.99. The van der Waals surface area contributed by atoms with E-state index in [1.165, 1.54) is 22.3 Å². The van der Waals surface area contributed by atoms with Crippen LogP contribution in [0.25, 0.3) is 11.0 Å². The second-order valence-corrected chi connectivity index (χ2v) is 9.54. The molecule has 0 aliphatic rings. The van der Waals surface area contributed by atoms with Gasteiger partial charge in [-0.15, -0.1) is 12.4 Å². The van der Waals surface area contributed by atoms with Crippen molar-refractivity contribution in [2.45, 2.75) is 51.6 Å². The van der Waals surface area contributed by atoms with E-state index in [1.54, 1.807) is 6.20 Å². The molecule has 5 aromatic rings. The molecule has 6 heteroatoms. The Hall–Kier alpha value is -3.70. The van der Waals surface area contributed by atoms with Crippen molar-refractivity contribution in [1.29, 1.82) is 0 Å². The Morgan fingerprint density at radius 2 is 1.84 bits per heavy atom. The number of carbonyl (C=O) groups excluding carboxylic acids is 1. The number of ketones is 1. The highest BCUT2D eigenvalue weighted by atomic mass is 35.5. The molecule has 0 spiro atoms. The maximum atomic E-state index is 13.2. The topological polar surface area (TPSA) is 52.7 Å². The summed E-state index contributed by atoms with van der Waals surface area (Å²) in [6, 6.07) is 23.1. The Labute approximate surface area is 224 Å². The van der Waals surface area contributed by atoms with E-state index < -0.39 is 0 Å². The summed E-state index contributed by atoms with van der Waals surface area (Å²) in [4.78, 5) is 22.1. The SMILES string of the molecule is Cc1cccc(C(CC(=O)CCCCn2ccnc2)c2cn(Cc3ccccc3)c3ncccc23)c1.Cl. The Morgan fingerprint density at radius 3 is 2.62 bits per heavy atom. The van der Waals surface area contributed by atoms with Crippen LogP contribution in [0.4, 0.5) is 0 Å². The number of unbranched alkanes of at least 4 members (excludes halogenated alkanes) is 1. The maximum Gasteiger partial charge on any atom is 0.140 e. The second kappa shape index (κ2) is 12.5. The Kier molecular flexibility index (Phi) is 8.91. The summed E-state index contributed by atoms with van der Waals surface area (Å²) in [5.74, 6) is 0.301. The molecule has 1 atom stereocenters. The van der Waals surface area contributed by atoms with Gasteiger partial charge in [0.25, 0.3) is 0 Å². The number of hydrogen-bond donors (Lipinski definition) is 0. The Balaban J connectivity index is 0.00000320. The molecule has 0 bridgehead atoms. The lowest BCUT2D eigenvalue weighted by atomic mass is 9.85. The van der Waals surface area contributed by atoms with Gasteiger partial charge < -0.3 is 9.13 Å². The van der Waals surface area contributed by atoms with Gasteiger partial charge in [0.2, 0.25) is 0 Å². The predicted molar refractivity (Wildman–Crippen MR) is 151 cm³/mol. The highest BCUT2D eigenvalue weighted by molar-refractivity contribution is 5.85. The van der Waals surface area contributed by atoms with Crippen molar-refractivity contribution in [1.82, 2.24) is 19.1 Å². The molecule has 2 aromatic carbocycles. The van der Waals surface area contributed by atoms with E-state index in [0.717, 1.165) is 37.0 Å². The lowest BCUT2D eigenvalue weighted by Gasteiger charge is -2.17. The van der Waals surface area contributed by atoms with Crippen LogP contribution >= 0.6 is 12.4 Å². The third-order valence-electron chi connectivity index (χ3n) is 6.79. The summed E-state index contributed by atoms with van der Waals surface area (Å²) < 4.78 is 4.28. The third kappa shape index (κ3) is 6.55. The Morgan fingerprint density at radius 1 is 0.973 bits per heavy atom. The first-order chi connectivity index (χ1) is 17.7. The van der Waals surface area contributed by atoms with Gasteiger partial charge in [0.1, 0.15) is 11.4 Å². The van der Waals surface area contributed by atoms with E-state index in [1.807, 2.05) is 30.9 Å². The number of nitrogens with zero attached hydrogens (tertiary/aromatic N) is 4. The van der Waals surface area contributed by atoms with Gasteiger partial charge in [-0.1, -0.05) is 60.2 Å². The molecule has 3 aromatic heterocycles. The van der Waals surface area contributed by atoms with Gasteiger partial charge in [-0.3, -0.25) is 4.79 Å². The molecule has 1 unspecified atom stereocenters. The number of rotatable bonds is 11. The van der Waals surface area contributed by atoms with E-state index in [-0.39, 0.29) is 18.3 Å². The number of aryl methyl sites for hydroxylation is 2. The largest absolute Gasteiger partial charge is 0.337 e. The lowest BCUT2D eigenvalue weighted by Crippen LogP contribution is -2.09. The fourth-order valence-corrected chi connectivity index (χ4v) is 4.99. The molecule has 5 nitrogen and oxygen atoms in total. The van der Waals surface area contributed by atoms with Crippen LogP contribution < -0.4 is 0 Å². The molecule has 0 N–H and O–H groups in total. The van der Waals surface area contributed by atoms with Gasteiger partial charge in [-0.2, -0.15) is 0 Å². The number of benzene rings is 2. The first-order valence-corrected chi connectivity index (χ1v) is 12.7. The molecule has 0 amide bonds. The molecule has 5 rings (SSSR count). The van der Waals surface area contributed by atoms with Gasteiger partial charge in [-0.05, 0) is 48.6 Å². The highest BCUT2D eigenvalue weighted by Crippen LogP contribution is 2.35. The monoisotopic (exact) mass is 512 g/mol. The first kappa shape index (κ1) is 26.4. The average molecular weight is 513 g/mol. The number of halogens is 1. The van der Waals surface area contributed by atoms with Gasteiger partial charge in [0.05, 0.1) is 6.33 Å². The summed E-state index contributed by atoms with van der Waals surface area (Å²) in [7, 11) is 0. The summed E-state index contributed by atoms with van der Waals surface area (Å²) in [6.07, 6.45) is 12.6. The summed E-state index contributed by atoms with van der Waals surface area (Å²) >= 11 is 0. The van der Waals surface area contributed by atoms with Crippen molar-refractivity contribution >= 4 is 29.2 Å². The van der Waals surface area contributed by atoms with Crippen molar-refractivity contribution < 1.29 is 4.79 Å². The number of pyridine rings is 1. The van der Waals surface area contributed by atoms with Crippen LogP contribution in [0, 0.1) is 6.92 Å². The number of carbonyl (C=O) groups is 1. The summed E-state index contributed by atoms with van der Waals surface area (Å²) in [5.41, 5.74) is 5.75. The van der Waals surface area contributed by atoms with Crippen LogP contribution in [0.1, 0.15) is 53.9 Å². The van der Waals surface area contributed by atoms with Gasteiger partial charge in [0.15, 0.2) is 0 Å².